The average Bonchev–Trinajstić information content (AvgIpc) is 3.64. The first-order valence-corrected chi connectivity index (χ1v) is 17.6. The fraction of sp³-hybridized carbons (Fsp3) is 0.765. The number of carbonyl (C=O) groups excluding carboxylic acids is 2. The number of nitrogens with one attached hydrogen (secondary N) is 2. The minimum atomic E-state index is -0.841. The van der Waals surface area contributed by atoms with Gasteiger partial charge in [0.1, 0.15) is 6.10 Å². The summed E-state index contributed by atoms with van der Waals surface area (Å²) in [7, 11) is 0. The van der Waals surface area contributed by atoms with Gasteiger partial charge in [-0.05, 0) is 88.4 Å². The lowest BCUT2D eigenvalue weighted by Gasteiger charge is -2.47. The Morgan fingerprint density at radius 1 is 1.00 bits per heavy atom. The Hall–Kier alpha value is -1.77. The predicted molar refractivity (Wildman–Crippen MR) is 169 cm³/mol. The molecule has 4 fully saturated rings. The lowest BCUT2D eigenvalue weighted by Crippen LogP contribution is -2.60. The number of likely N-dealkylation sites (tertiary alicyclic amines) is 1. The second-order valence-electron chi connectivity index (χ2n) is 14.4. The monoisotopic (exact) mass is 599 g/mol. The number of amides is 2. The van der Waals surface area contributed by atoms with Gasteiger partial charge in [-0.1, -0.05) is 62.4 Å². The molecule has 0 spiro atoms. The molecule has 2 saturated carbocycles. The molecule has 2 amide bonds. The van der Waals surface area contributed by atoms with Crippen molar-refractivity contribution in [3.8, 4) is 0 Å². The van der Waals surface area contributed by atoms with Crippen LogP contribution in [0.15, 0.2) is 30.3 Å². The van der Waals surface area contributed by atoms with Crippen LogP contribution >= 0.6 is 11.8 Å². The van der Waals surface area contributed by atoms with E-state index in [1.54, 1.807) is 0 Å². The summed E-state index contributed by atoms with van der Waals surface area (Å²) < 4.78 is 6.07. The first-order chi connectivity index (χ1) is 20.2. The molecule has 2 heterocycles. The summed E-state index contributed by atoms with van der Waals surface area (Å²) in [6.45, 7) is 7.20. The Balaban J connectivity index is 1.28. The van der Waals surface area contributed by atoms with E-state index in [0.29, 0.717) is 36.0 Å². The fourth-order valence-electron chi connectivity index (χ4n) is 7.91. The zero-order chi connectivity index (χ0) is 29.7. The second kappa shape index (κ2) is 14.3. The first kappa shape index (κ1) is 31.6. The number of nitrogens with zero attached hydrogens (tertiary/aromatic N) is 1. The highest BCUT2D eigenvalue weighted by Gasteiger charge is 2.42. The molecule has 2 aliphatic carbocycles. The molecule has 234 valence electrons. The van der Waals surface area contributed by atoms with Crippen molar-refractivity contribution in [3.63, 3.8) is 0 Å². The topological polar surface area (TPSA) is 90.9 Å². The second-order valence-corrected chi connectivity index (χ2v) is 15.7. The van der Waals surface area contributed by atoms with E-state index in [2.05, 4.69) is 15.5 Å². The maximum Gasteiger partial charge on any atom is 0.407 e. The van der Waals surface area contributed by atoms with Crippen LogP contribution in [0.2, 0.25) is 0 Å². The summed E-state index contributed by atoms with van der Waals surface area (Å²) in [5, 5.41) is 18.4. The normalized spacial score (nSPS) is 30.3. The van der Waals surface area contributed by atoms with Crippen molar-refractivity contribution in [3.05, 3.63) is 35.9 Å². The maximum atomic E-state index is 13.5. The molecule has 7 nitrogen and oxygen atoms in total. The van der Waals surface area contributed by atoms with E-state index in [4.69, 9.17) is 4.74 Å². The van der Waals surface area contributed by atoms with Crippen LogP contribution in [0.1, 0.15) is 90.5 Å². The van der Waals surface area contributed by atoms with Gasteiger partial charge < -0.3 is 20.5 Å². The van der Waals surface area contributed by atoms with Crippen molar-refractivity contribution in [2.24, 2.45) is 17.8 Å². The van der Waals surface area contributed by atoms with Crippen molar-refractivity contribution in [2.75, 3.05) is 18.8 Å². The molecule has 0 aromatic heterocycles. The smallest absolute Gasteiger partial charge is 0.407 e. The molecular formula is C34H53N3O4S. The van der Waals surface area contributed by atoms with E-state index < -0.39 is 18.2 Å². The summed E-state index contributed by atoms with van der Waals surface area (Å²) in [6, 6.07) is 9.22. The minimum Gasteiger partial charge on any atom is -0.445 e. The number of thioether (sulfide) groups is 1. The predicted octanol–water partition coefficient (Wildman–Crippen LogP) is 5.54. The SMILES string of the molecule is CC(C)(C)NC(=O)[C@@H]1C[C@@H]2CCCC[C@@H]2CN1C[C@@H](O)[C@H](Cc1ccccc1)NC(=O)O[C@H]1CCS[C@H]1C1CCCC1. The van der Waals surface area contributed by atoms with Crippen LogP contribution in [0.3, 0.4) is 0 Å². The number of β-amino-alcohol motifs (C(OH)–C–C–N with tert-alkyl or cyclic N) is 1. The molecular weight excluding hydrogens is 546 g/mol. The number of piperidine rings is 1. The number of hydrogen-bond acceptors (Lipinski definition) is 6. The third kappa shape index (κ3) is 8.44. The molecule has 0 unspecified atom stereocenters. The van der Waals surface area contributed by atoms with Gasteiger partial charge in [0, 0.05) is 23.9 Å². The number of ether oxygens (including phenoxy) is 1. The van der Waals surface area contributed by atoms with Crippen LogP contribution in [0.25, 0.3) is 0 Å². The van der Waals surface area contributed by atoms with Crippen LogP contribution in [-0.2, 0) is 16.0 Å². The first-order valence-electron chi connectivity index (χ1n) is 16.5. The molecule has 1 aromatic carbocycles. The molecule has 1 aromatic rings. The maximum absolute atomic E-state index is 13.5. The average molecular weight is 600 g/mol. The van der Waals surface area contributed by atoms with Crippen LogP contribution in [0, 0.1) is 17.8 Å². The lowest BCUT2D eigenvalue weighted by molar-refractivity contribution is -0.132. The van der Waals surface area contributed by atoms with Gasteiger partial charge in [0.2, 0.25) is 5.91 Å². The van der Waals surface area contributed by atoms with Gasteiger partial charge in [-0.15, -0.1) is 0 Å². The molecule has 7 atom stereocenters. The van der Waals surface area contributed by atoms with Gasteiger partial charge >= 0.3 is 6.09 Å². The summed E-state index contributed by atoms with van der Waals surface area (Å²) in [5.74, 6) is 2.84. The molecule has 2 saturated heterocycles. The van der Waals surface area contributed by atoms with Crippen LogP contribution in [0.4, 0.5) is 4.79 Å². The number of aliphatic hydroxyl groups is 1. The Morgan fingerprint density at radius 3 is 2.36 bits per heavy atom. The van der Waals surface area contributed by atoms with Crippen molar-refractivity contribution in [1.29, 1.82) is 0 Å². The number of carbonyl (C=O) groups is 2. The molecule has 0 bridgehead atoms. The Labute approximate surface area is 257 Å². The number of aliphatic hydroxyl groups excluding tert-OH is 1. The largest absolute Gasteiger partial charge is 0.445 e. The summed E-state index contributed by atoms with van der Waals surface area (Å²) >= 11 is 1.96. The van der Waals surface area contributed by atoms with Gasteiger partial charge in [0.05, 0.1) is 18.2 Å². The van der Waals surface area contributed by atoms with Crippen molar-refractivity contribution < 1.29 is 19.4 Å². The Morgan fingerprint density at radius 2 is 1.67 bits per heavy atom. The molecule has 42 heavy (non-hydrogen) atoms. The third-order valence-electron chi connectivity index (χ3n) is 9.99. The number of fused-ring (bicyclic) bond motifs is 1. The third-order valence-corrected chi connectivity index (χ3v) is 11.5. The van der Waals surface area contributed by atoms with Crippen LogP contribution < -0.4 is 10.6 Å². The van der Waals surface area contributed by atoms with E-state index in [1.165, 1.54) is 51.4 Å². The van der Waals surface area contributed by atoms with Crippen molar-refractivity contribution in [1.82, 2.24) is 15.5 Å². The Bertz CT molecular complexity index is 1030. The Kier molecular flexibility index (Phi) is 10.8. The minimum absolute atomic E-state index is 0.0439. The van der Waals surface area contributed by atoms with E-state index in [-0.39, 0.29) is 23.6 Å². The van der Waals surface area contributed by atoms with Gasteiger partial charge in [-0.2, -0.15) is 11.8 Å². The summed E-state index contributed by atoms with van der Waals surface area (Å²) in [5.41, 5.74) is 0.732. The van der Waals surface area contributed by atoms with Gasteiger partial charge in [0.25, 0.3) is 0 Å². The highest BCUT2D eigenvalue weighted by atomic mass is 32.2. The van der Waals surface area contributed by atoms with Gasteiger partial charge in [0.15, 0.2) is 0 Å². The summed E-state index contributed by atoms with van der Waals surface area (Å²) in [4.78, 5) is 29.1. The zero-order valence-electron chi connectivity index (χ0n) is 25.9. The van der Waals surface area contributed by atoms with Crippen LogP contribution in [-0.4, -0.2) is 75.9 Å². The molecule has 2 aliphatic heterocycles. The quantitative estimate of drug-likeness (QED) is 0.345. The van der Waals surface area contributed by atoms with Gasteiger partial charge in [-0.3, -0.25) is 9.69 Å². The van der Waals surface area contributed by atoms with E-state index in [9.17, 15) is 14.7 Å². The highest BCUT2D eigenvalue weighted by molar-refractivity contribution is 8.00. The van der Waals surface area contributed by atoms with Crippen LogP contribution in [0.5, 0.6) is 0 Å². The number of rotatable bonds is 9. The number of alkyl carbamates (subject to hydrolysis) is 1. The van der Waals surface area contributed by atoms with Crippen molar-refractivity contribution >= 4 is 23.8 Å². The molecule has 8 heteroatoms. The lowest BCUT2D eigenvalue weighted by atomic mass is 9.72. The van der Waals surface area contributed by atoms with Crippen molar-refractivity contribution in [2.45, 2.75) is 126 Å². The number of benzene rings is 1. The fourth-order valence-corrected chi connectivity index (χ4v) is 9.50. The van der Waals surface area contributed by atoms with E-state index >= 15 is 0 Å². The number of hydrogen-bond donors (Lipinski definition) is 3. The standard InChI is InChI=1S/C34H53N3O4S/c1-34(2,3)36-32(39)28-20-25-15-9-10-16-26(25)21-37(28)22-29(38)27(19-23-11-5-4-6-12-23)35-33(40)41-30-17-18-42-31(30)24-13-7-8-14-24/h4-6,11-12,24-31,38H,7-10,13-22H2,1-3H3,(H,35,40)(H,36,39)/t25-,26+,27-,28-,29+,30-,31-/m0/s1. The summed E-state index contributed by atoms with van der Waals surface area (Å²) in [6.07, 6.45) is 10.8. The van der Waals surface area contributed by atoms with E-state index in [1.807, 2.05) is 62.9 Å². The molecule has 5 rings (SSSR count). The molecule has 4 aliphatic rings. The zero-order valence-corrected chi connectivity index (χ0v) is 26.7. The van der Waals surface area contributed by atoms with E-state index in [0.717, 1.165) is 30.7 Å². The van der Waals surface area contributed by atoms with Gasteiger partial charge in [-0.25, -0.2) is 4.79 Å². The molecule has 3 N–H and O–H groups in total. The molecule has 0 radical (unpaired) electrons. The highest BCUT2D eigenvalue weighted by Crippen LogP contribution is 2.42.